The van der Waals surface area contributed by atoms with Crippen LogP contribution >= 0.6 is 0 Å². The van der Waals surface area contributed by atoms with Gasteiger partial charge in [0.25, 0.3) is 0 Å². The lowest BCUT2D eigenvalue weighted by atomic mass is 9.78. The molecule has 0 bridgehead atoms. The quantitative estimate of drug-likeness (QED) is 0.611. The van der Waals surface area contributed by atoms with E-state index >= 15 is 0 Å². The molecule has 120 valence electrons. The lowest BCUT2D eigenvalue weighted by molar-refractivity contribution is -0.157. The van der Waals surface area contributed by atoms with E-state index in [0.29, 0.717) is 12.3 Å². The molecule has 0 spiro atoms. The summed E-state index contributed by atoms with van der Waals surface area (Å²) >= 11 is 0. The summed E-state index contributed by atoms with van der Waals surface area (Å²) in [5.41, 5.74) is 0. The van der Waals surface area contributed by atoms with Gasteiger partial charge in [0.1, 0.15) is 0 Å². The molecule has 0 saturated heterocycles. The van der Waals surface area contributed by atoms with E-state index in [-0.39, 0.29) is 31.5 Å². The van der Waals surface area contributed by atoms with Crippen LogP contribution in [0.25, 0.3) is 0 Å². The zero-order valence-corrected chi connectivity index (χ0v) is 13.7. The number of rotatable bonds is 9. The van der Waals surface area contributed by atoms with Crippen LogP contribution in [0, 0.1) is 35.0 Å². The molecule has 5 heteroatoms. The van der Waals surface area contributed by atoms with Crippen molar-refractivity contribution in [2.75, 3.05) is 13.2 Å². The summed E-state index contributed by atoms with van der Waals surface area (Å²) in [6.45, 7) is 9.86. The van der Waals surface area contributed by atoms with Crippen molar-refractivity contribution in [1.29, 1.82) is 5.26 Å². The predicted octanol–water partition coefficient (Wildman–Crippen LogP) is 2.94. The molecule has 5 nitrogen and oxygen atoms in total. The van der Waals surface area contributed by atoms with Crippen molar-refractivity contribution in [2.24, 2.45) is 23.7 Å². The van der Waals surface area contributed by atoms with E-state index in [1.165, 1.54) is 0 Å². The Morgan fingerprint density at radius 2 is 1.67 bits per heavy atom. The van der Waals surface area contributed by atoms with Gasteiger partial charge in [0.15, 0.2) is 0 Å². The summed E-state index contributed by atoms with van der Waals surface area (Å²) in [5.74, 6) is -1.67. The molecule has 0 aliphatic rings. The summed E-state index contributed by atoms with van der Waals surface area (Å²) in [4.78, 5) is 23.8. The standard InChI is InChI=1S/C16H27NO4/c1-6-20-15(18)9-14(16(19)21-7-2)12(5)13(10-17)8-11(3)4/h11-14H,6-9H2,1-5H3. The Morgan fingerprint density at radius 3 is 2.10 bits per heavy atom. The molecule has 0 N–H and O–H groups in total. The second-order valence-electron chi connectivity index (χ2n) is 5.59. The SMILES string of the molecule is CCOC(=O)CC(C(=O)OCC)C(C)C(C#N)CC(C)C. The molecule has 0 fully saturated rings. The number of hydrogen-bond acceptors (Lipinski definition) is 5. The van der Waals surface area contributed by atoms with Gasteiger partial charge in [-0.3, -0.25) is 9.59 Å². The molecule has 3 atom stereocenters. The normalized spacial score (nSPS) is 14.9. The van der Waals surface area contributed by atoms with Gasteiger partial charge in [-0.1, -0.05) is 20.8 Å². The van der Waals surface area contributed by atoms with Gasteiger partial charge < -0.3 is 9.47 Å². The van der Waals surface area contributed by atoms with Crippen LogP contribution in [0.1, 0.15) is 47.5 Å². The summed E-state index contributed by atoms with van der Waals surface area (Å²) in [6, 6.07) is 2.26. The Morgan fingerprint density at radius 1 is 1.10 bits per heavy atom. The average Bonchev–Trinajstić information content (AvgIpc) is 2.41. The molecule has 0 rings (SSSR count). The number of nitrogens with zero attached hydrogens (tertiary/aromatic N) is 1. The first-order chi connectivity index (χ1) is 9.87. The highest BCUT2D eigenvalue weighted by molar-refractivity contribution is 5.80. The lowest BCUT2D eigenvalue weighted by Gasteiger charge is -2.26. The minimum absolute atomic E-state index is 0.0376. The molecule has 0 heterocycles. The number of carbonyl (C=O) groups excluding carboxylic acids is 2. The van der Waals surface area contributed by atoms with Crippen molar-refractivity contribution in [3.05, 3.63) is 0 Å². The molecule has 0 amide bonds. The highest BCUT2D eigenvalue weighted by Gasteiger charge is 2.34. The highest BCUT2D eigenvalue weighted by Crippen LogP contribution is 2.29. The molecule has 21 heavy (non-hydrogen) atoms. The van der Waals surface area contributed by atoms with Crippen LogP contribution in [0.2, 0.25) is 0 Å². The number of carbonyl (C=O) groups is 2. The maximum atomic E-state index is 12.1. The molecule has 0 saturated carbocycles. The topological polar surface area (TPSA) is 76.4 Å². The Bertz CT molecular complexity index is 373. The third-order valence-corrected chi connectivity index (χ3v) is 3.44. The van der Waals surface area contributed by atoms with Gasteiger partial charge in [-0.25, -0.2) is 0 Å². The smallest absolute Gasteiger partial charge is 0.309 e. The first-order valence-corrected chi connectivity index (χ1v) is 7.59. The Hall–Kier alpha value is -1.57. The maximum absolute atomic E-state index is 12.1. The first kappa shape index (κ1) is 19.4. The molecule has 0 radical (unpaired) electrons. The van der Waals surface area contributed by atoms with E-state index in [1.54, 1.807) is 13.8 Å². The minimum Gasteiger partial charge on any atom is -0.466 e. The van der Waals surface area contributed by atoms with Gasteiger partial charge in [-0.15, -0.1) is 0 Å². The van der Waals surface area contributed by atoms with Gasteiger partial charge >= 0.3 is 11.9 Å². The first-order valence-electron chi connectivity index (χ1n) is 7.59. The van der Waals surface area contributed by atoms with Crippen molar-refractivity contribution in [3.63, 3.8) is 0 Å². The Labute approximate surface area is 127 Å². The molecular weight excluding hydrogens is 270 g/mol. The van der Waals surface area contributed by atoms with Crippen LogP contribution in [-0.4, -0.2) is 25.2 Å². The van der Waals surface area contributed by atoms with E-state index in [4.69, 9.17) is 9.47 Å². The summed E-state index contributed by atoms with van der Waals surface area (Å²) in [6.07, 6.45) is 0.653. The second kappa shape index (κ2) is 10.2. The second-order valence-corrected chi connectivity index (χ2v) is 5.59. The minimum atomic E-state index is -0.632. The van der Waals surface area contributed by atoms with Crippen molar-refractivity contribution in [2.45, 2.75) is 47.5 Å². The van der Waals surface area contributed by atoms with Crippen LogP contribution in [0.3, 0.4) is 0 Å². The third kappa shape index (κ3) is 7.12. The van der Waals surface area contributed by atoms with E-state index in [2.05, 4.69) is 6.07 Å². The van der Waals surface area contributed by atoms with Crippen molar-refractivity contribution >= 4 is 11.9 Å². The van der Waals surface area contributed by atoms with Gasteiger partial charge in [-0.05, 0) is 32.1 Å². The number of hydrogen-bond donors (Lipinski definition) is 0. The monoisotopic (exact) mass is 297 g/mol. The highest BCUT2D eigenvalue weighted by atomic mass is 16.5. The molecule has 0 aliphatic heterocycles. The summed E-state index contributed by atoms with van der Waals surface area (Å²) in [7, 11) is 0. The molecule has 0 aliphatic carbocycles. The summed E-state index contributed by atoms with van der Waals surface area (Å²) in [5, 5.41) is 9.33. The largest absolute Gasteiger partial charge is 0.466 e. The van der Waals surface area contributed by atoms with Crippen molar-refractivity contribution in [1.82, 2.24) is 0 Å². The van der Waals surface area contributed by atoms with Crippen molar-refractivity contribution in [3.8, 4) is 6.07 Å². The molecular formula is C16H27NO4. The van der Waals surface area contributed by atoms with Gasteiger partial charge in [-0.2, -0.15) is 5.26 Å². The van der Waals surface area contributed by atoms with Crippen LogP contribution in [-0.2, 0) is 19.1 Å². The van der Waals surface area contributed by atoms with Crippen LogP contribution in [0.5, 0.6) is 0 Å². The van der Waals surface area contributed by atoms with E-state index < -0.39 is 17.9 Å². The molecule has 0 aromatic rings. The Balaban J connectivity index is 5.03. The summed E-state index contributed by atoms with van der Waals surface area (Å²) < 4.78 is 9.96. The van der Waals surface area contributed by atoms with Crippen LogP contribution in [0.15, 0.2) is 0 Å². The van der Waals surface area contributed by atoms with Gasteiger partial charge in [0.2, 0.25) is 0 Å². The van der Waals surface area contributed by atoms with Gasteiger partial charge in [0, 0.05) is 5.92 Å². The fourth-order valence-electron chi connectivity index (χ4n) is 2.31. The number of esters is 2. The fraction of sp³-hybridized carbons (Fsp3) is 0.812. The Kier molecular flexibility index (Phi) is 9.44. The van der Waals surface area contributed by atoms with E-state index in [0.717, 1.165) is 0 Å². The molecule has 0 aromatic heterocycles. The van der Waals surface area contributed by atoms with Gasteiger partial charge in [0.05, 0.1) is 31.6 Å². The maximum Gasteiger partial charge on any atom is 0.309 e. The average molecular weight is 297 g/mol. The van der Waals surface area contributed by atoms with Crippen LogP contribution < -0.4 is 0 Å². The predicted molar refractivity (Wildman–Crippen MR) is 79.1 cm³/mol. The van der Waals surface area contributed by atoms with Crippen LogP contribution in [0.4, 0.5) is 0 Å². The van der Waals surface area contributed by atoms with E-state index in [1.807, 2.05) is 20.8 Å². The zero-order valence-electron chi connectivity index (χ0n) is 13.7. The van der Waals surface area contributed by atoms with Crippen molar-refractivity contribution < 1.29 is 19.1 Å². The number of nitriles is 1. The molecule has 3 unspecified atom stereocenters. The molecule has 0 aromatic carbocycles. The third-order valence-electron chi connectivity index (χ3n) is 3.44. The lowest BCUT2D eigenvalue weighted by Crippen LogP contribution is -2.32. The number of ether oxygens (including phenoxy) is 2. The fourth-order valence-corrected chi connectivity index (χ4v) is 2.31. The van der Waals surface area contributed by atoms with E-state index in [9.17, 15) is 14.9 Å². The zero-order chi connectivity index (χ0) is 16.4.